The van der Waals surface area contributed by atoms with Gasteiger partial charge in [-0.15, -0.1) is 0 Å². The van der Waals surface area contributed by atoms with Gasteiger partial charge in [0.1, 0.15) is 5.54 Å². The summed E-state index contributed by atoms with van der Waals surface area (Å²) in [4.78, 5) is 38.4. The Morgan fingerprint density at radius 1 is 1.24 bits per heavy atom. The zero-order chi connectivity index (χ0) is 21.0. The van der Waals surface area contributed by atoms with Crippen molar-refractivity contribution in [3.8, 4) is 11.5 Å². The topological polar surface area (TPSA) is 97.0 Å². The molecule has 0 aromatic heterocycles. The van der Waals surface area contributed by atoms with E-state index in [-0.39, 0.29) is 30.5 Å². The summed E-state index contributed by atoms with van der Waals surface area (Å²) in [5.41, 5.74) is -0.227. The van der Waals surface area contributed by atoms with Crippen LogP contribution >= 0.6 is 0 Å². The lowest BCUT2D eigenvalue weighted by atomic mass is 9.98. The highest BCUT2D eigenvalue weighted by Gasteiger charge is 2.51. The molecule has 158 valence electrons. The largest absolute Gasteiger partial charge is 0.493 e. The molecule has 0 atom stereocenters. The fourth-order valence-corrected chi connectivity index (χ4v) is 3.90. The number of nitrogens with zero attached hydrogens (tertiary/aromatic N) is 1. The van der Waals surface area contributed by atoms with Crippen LogP contribution in [0.1, 0.15) is 56.3 Å². The zero-order valence-corrected chi connectivity index (χ0v) is 17.2. The second kappa shape index (κ2) is 8.71. The second-order valence-electron chi connectivity index (χ2n) is 7.82. The van der Waals surface area contributed by atoms with Gasteiger partial charge in [0.2, 0.25) is 0 Å². The summed E-state index contributed by atoms with van der Waals surface area (Å²) < 4.78 is 11.0. The predicted molar refractivity (Wildman–Crippen MR) is 107 cm³/mol. The first-order valence-electron chi connectivity index (χ1n) is 10.1. The maximum atomic E-state index is 12.6. The van der Waals surface area contributed by atoms with Gasteiger partial charge in [-0.1, -0.05) is 12.8 Å². The second-order valence-corrected chi connectivity index (χ2v) is 7.82. The van der Waals surface area contributed by atoms with E-state index in [9.17, 15) is 14.4 Å². The zero-order valence-electron chi connectivity index (χ0n) is 17.2. The summed E-state index contributed by atoms with van der Waals surface area (Å²) >= 11 is 0. The number of methoxy groups -OCH3 is 1. The standard InChI is InChI=1S/C21H29N3O5/c1-14(2)29-16-8-7-15(13-17(16)28-3)18(25)22-11-6-12-24-19(26)21(23-20(24)27)9-4-5-10-21/h7-8,13-14H,4-6,9-12H2,1-3H3,(H,22,25)(H,23,27). The van der Waals surface area contributed by atoms with E-state index in [1.54, 1.807) is 18.2 Å². The van der Waals surface area contributed by atoms with Gasteiger partial charge in [-0.2, -0.15) is 0 Å². The first-order chi connectivity index (χ1) is 13.9. The third kappa shape index (κ3) is 4.46. The van der Waals surface area contributed by atoms with Crippen LogP contribution in [0.5, 0.6) is 11.5 Å². The highest BCUT2D eigenvalue weighted by atomic mass is 16.5. The smallest absolute Gasteiger partial charge is 0.325 e. The third-order valence-corrected chi connectivity index (χ3v) is 5.34. The van der Waals surface area contributed by atoms with Gasteiger partial charge in [0.15, 0.2) is 11.5 Å². The molecule has 8 heteroatoms. The van der Waals surface area contributed by atoms with Crippen molar-refractivity contribution in [2.24, 2.45) is 0 Å². The van der Waals surface area contributed by atoms with Gasteiger partial charge in [-0.05, 0) is 51.3 Å². The molecule has 1 saturated carbocycles. The van der Waals surface area contributed by atoms with Crippen LogP contribution in [0.4, 0.5) is 4.79 Å². The van der Waals surface area contributed by atoms with Crippen LogP contribution in [0, 0.1) is 0 Å². The predicted octanol–water partition coefficient (Wildman–Crippen LogP) is 2.47. The van der Waals surface area contributed by atoms with Gasteiger partial charge in [0, 0.05) is 18.7 Å². The highest BCUT2D eigenvalue weighted by molar-refractivity contribution is 6.07. The van der Waals surface area contributed by atoms with E-state index in [0.29, 0.717) is 42.9 Å². The third-order valence-electron chi connectivity index (χ3n) is 5.34. The summed E-state index contributed by atoms with van der Waals surface area (Å²) in [5, 5.41) is 5.68. The van der Waals surface area contributed by atoms with Gasteiger partial charge in [-0.25, -0.2) is 4.79 Å². The minimum absolute atomic E-state index is 0.00237. The maximum absolute atomic E-state index is 12.6. The molecular formula is C21H29N3O5. The van der Waals surface area contributed by atoms with Crippen LogP contribution in [-0.2, 0) is 4.79 Å². The van der Waals surface area contributed by atoms with E-state index in [1.165, 1.54) is 12.0 Å². The van der Waals surface area contributed by atoms with Crippen molar-refractivity contribution in [1.82, 2.24) is 15.5 Å². The number of nitrogens with one attached hydrogen (secondary N) is 2. The monoisotopic (exact) mass is 403 g/mol. The van der Waals surface area contributed by atoms with E-state index < -0.39 is 5.54 Å². The van der Waals surface area contributed by atoms with Crippen LogP contribution < -0.4 is 20.1 Å². The van der Waals surface area contributed by atoms with E-state index in [4.69, 9.17) is 9.47 Å². The van der Waals surface area contributed by atoms with Gasteiger partial charge < -0.3 is 20.1 Å². The number of imide groups is 1. The van der Waals surface area contributed by atoms with Crippen molar-refractivity contribution in [2.45, 2.75) is 57.6 Å². The SMILES string of the molecule is COc1cc(C(=O)NCCCN2C(=O)NC3(CCCC3)C2=O)ccc1OC(C)C. The molecule has 1 spiro atoms. The number of rotatable bonds is 8. The Morgan fingerprint density at radius 2 is 1.97 bits per heavy atom. The molecule has 2 aliphatic rings. The van der Waals surface area contributed by atoms with E-state index in [2.05, 4.69) is 10.6 Å². The summed E-state index contributed by atoms with van der Waals surface area (Å²) in [5.74, 6) is 0.701. The van der Waals surface area contributed by atoms with Crippen molar-refractivity contribution in [3.05, 3.63) is 23.8 Å². The maximum Gasteiger partial charge on any atom is 0.325 e. The fourth-order valence-electron chi connectivity index (χ4n) is 3.90. The minimum Gasteiger partial charge on any atom is -0.493 e. The Labute approximate surface area is 170 Å². The quantitative estimate of drug-likeness (QED) is 0.513. The highest BCUT2D eigenvalue weighted by Crippen LogP contribution is 2.35. The number of urea groups is 1. The first-order valence-corrected chi connectivity index (χ1v) is 10.1. The van der Waals surface area contributed by atoms with Crippen LogP contribution in [0.15, 0.2) is 18.2 Å². The lowest BCUT2D eigenvalue weighted by Gasteiger charge is -2.20. The summed E-state index contributed by atoms with van der Waals surface area (Å²) in [7, 11) is 1.53. The fraction of sp³-hybridized carbons (Fsp3) is 0.571. The average Bonchev–Trinajstić information content (AvgIpc) is 3.24. The molecule has 1 saturated heterocycles. The first kappa shape index (κ1) is 21.0. The van der Waals surface area contributed by atoms with Crippen LogP contribution in [-0.4, -0.2) is 54.6 Å². The molecule has 1 aromatic rings. The number of amides is 4. The van der Waals surface area contributed by atoms with Crippen molar-refractivity contribution in [3.63, 3.8) is 0 Å². The number of ether oxygens (including phenoxy) is 2. The molecule has 1 heterocycles. The van der Waals surface area contributed by atoms with Gasteiger partial charge >= 0.3 is 6.03 Å². The Bertz CT molecular complexity index is 787. The van der Waals surface area contributed by atoms with E-state index >= 15 is 0 Å². The van der Waals surface area contributed by atoms with Gasteiger partial charge in [-0.3, -0.25) is 14.5 Å². The van der Waals surface area contributed by atoms with E-state index in [0.717, 1.165) is 12.8 Å². The molecule has 1 aliphatic carbocycles. The molecule has 8 nitrogen and oxygen atoms in total. The number of hydrogen-bond donors (Lipinski definition) is 2. The number of benzene rings is 1. The number of carbonyl (C=O) groups excluding carboxylic acids is 3. The van der Waals surface area contributed by atoms with Crippen LogP contribution in [0.2, 0.25) is 0 Å². The van der Waals surface area contributed by atoms with Gasteiger partial charge in [0.05, 0.1) is 13.2 Å². The average molecular weight is 403 g/mol. The van der Waals surface area contributed by atoms with Crippen LogP contribution in [0.3, 0.4) is 0 Å². The number of hydrogen-bond acceptors (Lipinski definition) is 5. The Balaban J connectivity index is 1.50. The molecule has 1 aromatic carbocycles. The molecule has 2 fully saturated rings. The molecule has 0 bridgehead atoms. The van der Waals surface area contributed by atoms with Crippen molar-refractivity contribution < 1.29 is 23.9 Å². The normalized spacial score (nSPS) is 17.7. The van der Waals surface area contributed by atoms with Crippen molar-refractivity contribution in [1.29, 1.82) is 0 Å². The van der Waals surface area contributed by atoms with Crippen molar-refractivity contribution >= 4 is 17.8 Å². The molecule has 1 aliphatic heterocycles. The lowest BCUT2D eigenvalue weighted by molar-refractivity contribution is -0.131. The summed E-state index contributed by atoms with van der Waals surface area (Å²) in [6.45, 7) is 4.48. The molecule has 0 radical (unpaired) electrons. The molecule has 3 rings (SSSR count). The van der Waals surface area contributed by atoms with Crippen molar-refractivity contribution in [2.75, 3.05) is 20.2 Å². The van der Waals surface area contributed by atoms with Crippen LogP contribution in [0.25, 0.3) is 0 Å². The summed E-state index contributed by atoms with van der Waals surface area (Å²) in [6.07, 6.45) is 3.83. The molecule has 2 N–H and O–H groups in total. The summed E-state index contributed by atoms with van der Waals surface area (Å²) in [6, 6.07) is 4.70. The Hall–Kier alpha value is -2.77. The molecule has 29 heavy (non-hydrogen) atoms. The molecule has 4 amide bonds. The number of carbonyl (C=O) groups is 3. The molecular weight excluding hydrogens is 374 g/mol. The molecule has 0 unspecified atom stereocenters. The van der Waals surface area contributed by atoms with Gasteiger partial charge in [0.25, 0.3) is 11.8 Å². The lowest BCUT2D eigenvalue weighted by Crippen LogP contribution is -2.44. The Kier molecular flexibility index (Phi) is 6.30. The van der Waals surface area contributed by atoms with E-state index in [1.807, 2.05) is 13.8 Å². The minimum atomic E-state index is -0.684. The Morgan fingerprint density at radius 3 is 2.62 bits per heavy atom.